The van der Waals surface area contributed by atoms with Crippen molar-refractivity contribution in [3.8, 4) is 5.75 Å². The smallest absolute Gasteiger partial charge is 0.358 e. The van der Waals surface area contributed by atoms with Crippen LogP contribution in [0.15, 0.2) is 46.8 Å². The monoisotopic (exact) mass is 341 g/mol. The number of nitro benzene ring substituents is 1. The van der Waals surface area contributed by atoms with Gasteiger partial charge in [0, 0.05) is 18.3 Å². The summed E-state index contributed by atoms with van der Waals surface area (Å²) < 4.78 is 1.42. The Hall–Kier alpha value is -3.82. The van der Waals surface area contributed by atoms with E-state index in [-0.39, 0.29) is 28.6 Å². The minimum Gasteiger partial charge on any atom is -0.506 e. The molecule has 0 aliphatic carbocycles. The zero-order chi connectivity index (χ0) is 18.1. The maximum absolute atomic E-state index is 11.4. The minimum absolute atomic E-state index is 0.0617. The number of imidazole rings is 1. The predicted octanol–water partition coefficient (Wildman–Crippen LogP) is 3.37. The summed E-state index contributed by atoms with van der Waals surface area (Å²) in [5.74, 6) is -1.68. The van der Waals surface area contributed by atoms with Gasteiger partial charge >= 0.3 is 5.97 Å². The fourth-order valence-electron chi connectivity index (χ4n) is 2.18. The van der Waals surface area contributed by atoms with Crippen molar-refractivity contribution in [2.75, 3.05) is 0 Å². The van der Waals surface area contributed by atoms with Gasteiger partial charge < -0.3 is 10.2 Å². The Labute approximate surface area is 139 Å². The molecule has 25 heavy (non-hydrogen) atoms. The maximum atomic E-state index is 11.4. The van der Waals surface area contributed by atoms with Gasteiger partial charge in [-0.05, 0) is 30.7 Å². The van der Waals surface area contributed by atoms with Gasteiger partial charge in [-0.1, -0.05) is 0 Å². The molecule has 0 aliphatic heterocycles. The molecule has 0 spiro atoms. The van der Waals surface area contributed by atoms with Gasteiger partial charge in [0.15, 0.2) is 11.5 Å². The number of hydrogen-bond donors (Lipinski definition) is 2. The average Bonchev–Trinajstić information content (AvgIpc) is 2.91. The average molecular weight is 341 g/mol. The van der Waals surface area contributed by atoms with Gasteiger partial charge in [-0.2, -0.15) is 0 Å². The highest BCUT2D eigenvalue weighted by Crippen LogP contribution is 2.32. The number of azo groups is 1. The molecule has 10 heteroatoms. The minimum atomic E-state index is -1.29. The molecular formula is C15H11N5O5. The van der Waals surface area contributed by atoms with E-state index in [4.69, 9.17) is 0 Å². The lowest BCUT2D eigenvalue weighted by atomic mass is 10.2. The molecule has 0 fully saturated rings. The highest BCUT2D eigenvalue weighted by atomic mass is 16.6. The molecule has 0 saturated heterocycles. The number of aromatic carboxylic acids is 1. The van der Waals surface area contributed by atoms with Crippen molar-refractivity contribution in [1.29, 1.82) is 0 Å². The van der Waals surface area contributed by atoms with E-state index in [1.807, 2.05) is 6.92 Å². The Morgan fingerprint density at radius 2 is 2.04 bits per heavy atom. The molecule has 0 bridgehead atoms. The molecule has 0 aliphatic rings. The first-order valence-corrected chi connectivity index (χ1v) is 6.98. The summed E-state index contributed by atoms with van der Waals surface area (Å²) in [7, 11) is 0. The molecule has 0 saturated carbocycles. The topological polar surface area (TPSA) is 143 Å². The largest absolute Gasteiger partial charge is 0.506 e. The third kappa shape index (κ3) is 3.00. The number of phenolic OH excluding ortho intramolecular Hbond substituents is 1. The van der Waals surface area contributed by atoms with Gasteiger partial charge in [0.1, 0.15) is 17.1 Å². The van der Waals surface area contributed by atoms with E-state index in [1.165, 1.54) is 4.40 Å². The SMILES string of the molecule is Cc1ccn2c(N=Nc3cc([N+](=O)[O-])ccc3O)c(C(=O)O)nc2c1. The van der Waals surface area contributed by atoms with Gasteiger partial charge in [0.05, 0.1) is 4.92 Å². The first kappa shape index (κ1) is 16.1. The molecule has 10 nitrogen and oxygen atoms in total. The first-order valence-electron chi connectivity index (χ1n) is 6.98. The molecule has 3 rings (SSSR count). The Bertz CT molecular complexity index is 1040. The summed E-state index contributed by atoms with van der Waals surface area (Å²) >= 11 is 0. The van der Waals surface area contributed by atoms with E-state index in [0.717, 1.165) is 23.8 Å². The van der Waals surface area contributed by atoms with Crippen LogP contribution in [0.25, 0.3) is 5.65 Å². The van der Waals surface area contributed by atoms with E-state index in [0.29, 0.717) is 5.65 Å². The number of carboxylic acid groups (broad SMARTS) is 1. The van der Waals surface area contributed by atoms with Crippen LogP contribution in [0.4, 0.5) is 17.2 Å². The lowest BCUT2D eigenvalue weighted by molar-refractivity contribution is -0.384. The molecular weight excluding hydrogens is 330 g/mol. The molecule has 0 amide bonds. The fourth-order valence-corrected chi connectivity index (χ4v) is 2.18. The van der Waals surface area contributed by atoms with E-state index in [2.05, 4.69) is 15.2 Å². The summed E-state index contributed by atoms with van der Waals surface area (Å²) in [5, 5.41) is 37.4. The summed E-state index contributed by atoms with van der Waals surface area (Å²) in [6, 6.07) is 6.68. The van der Waals surface area contributed by atoms with E-state index < -0.39 is 10.9 Å². The van der Waals surface area contributed by atoms with Crippen LogP contribution < -0.4 is 0 Å². The second kappa shape index (κ2) is 6.00. The number of fused-ring (bicyclic) bond motifs is 1. The Kier molecular flexibility index (Phi) is 3.85. The number of carboxylic acids is 1. The van der Waals surface area contributed by atoms with Gasteiger partial charge in [0.2, 0.25) is 0 Å². The number of carbonyl (C=O) groups is 1. The van der Waals surface area contributed by atoms with Gasteiger partial charge in [0.25, 0.3) is 5.69 Å². The van der Waals surface area contributed by atoms with Crippen LogP contribution >= 0.6 is 0 Å². The summed E-state index contributed by atoms with van der Waals surface area (Å²) in [6.07, 6.45) is 1.59. The molecule has 126 valence electrons. The zero-order valence-electron chi connectivity index (χ0n) is 12.8. The van der Waals surface area contributed by atoms with Crippen molar-refractivity contribution in [1.82, 2.24) is 9.38 Å². The number of phenols is 1. The number of aromatic nitrogens is 2. The summed E-state index contributed by atoms with van der Waals surface area (Å²) in [6.45, 7) is 1.83. The van der Waals surface area contributed by atoms with Crippen molar-refractivity contribution < 1.29 is 19.9 Å². The van der Waals surface area contributed by atoms with Crippen LogP contribution in [0.3, 0.4) is 0 Å². The molecule has 2 heterocycles. The molecule has 1 aromatic carbocycles. The predicted molar refractivity (Wildman–Crippen MR) is 85.8 cm³/mol. The lowest BCUT2D eigenvalue weighted by Gasteiger charge is -1.99. The number of pyridine rings is 1. The normalized spacial score (nSPS) is 11.2. The van der Waals surface area contributed by atoms with E-state index in [1.54, 1.807) is 18.3 Å². The van der Waals surface area contributed by atoms with Crippen molar-refractivity contribution in [3.05, 3.63) is 57.9 Å². The standard InChI is InChI=1S/C15H11N5O5/c1-8-4-5-19-12(6-8)16-13(15(22)23)14(19)18-17-10-7-9(20(24)25)2-3-11(10)21/h2-7,21H,1H3,(H,22,23). The highest BCUT2D eigenvalue weighted by molar-refractivity contribution is 5.91. The van der Waals surface area contributed by atoms with Crippen LogP contribution in [0, 0.1) is 17.0 Å². The van der Waals surface area contributed by atoms with Crippen LogP contribution in [-0.2, 0) is 0 Å². The lowest BCUT2D eigenvalue weighted by Crippen LogP contribution is -1.96. The Morgan fingerprint density at radius 3 is 2.72 bits per heavy atom. The molecule has 0 unspecified atom stereocenters. The van der Waals surface area contributed by atoms with Gasteiger partial charge in [-0.25, -0.2) is 9.78 Å². The number of aryl methyl sites for hydroxylation is 1. The van der Waals surface area contributed by atoms with Gasteiger partial charge in [-0.15, -0.1) is 10.2 Å². The molecule has 2 aromatic heterocycles. The third-order valence-corrected chi connectivity index (χ3v) is 3.38. The highest BCUT2D eigenvalue weighted by Gasteiger charge is 2.19. The number of hydrogen-bond acceptors (Lipinski definition) is 7. The van der Waals surface area contributed by atoms with Crippen molar-refractivity contribution >= 4 is 28.8 Å². The number of rotatable bonds is 4. The molecule has 0 atom stereocenters. The van der Waals surface area contributed by atoms with Gasteiger partial charge in [-0.3, -0.25) is 14.5 Å². The second-order valence-corrected chi connectivity index (χ2v) is 5.15. The van der Waals surface area contributed by atoms with Crippen LogP contribution in [-0.4, -0.2) is 30.5 Å². The fraction of sp³-hybridized carbons (Fsp3) is 0.0667. The Morgan fingerprint density at radius 1 is 1.28 bits per heavy atom. The number of nitrogens with zero attached hydrogens (tertiary/aromatic N) is 5. The molecule has 0 radical (unpaired) electrons. The van der Waals surface area contributed by atoms with Crippen LogP contribution in [0.1, 0.15) is 16.1 Å². The van der Waals surface area contributed by atoms with Crippen molar-refractivity contribution in [2.24, 2.45) is 10.2 Å². The quantitative estimate of drug-likeness (QED) is 0.423. The Balaban J connectivity index is 2.13. The van der Waals surface area contributed by atoms with Crippen molar-refractivity contribution in [2.45, 2.75) is 6.92 Å². The summed E-state index contributed by atoms with van der Waals surface area (Å²) in [5.41, 5.74) is 0.495. The first-order chi connectivity index (χ1) is 11.9. The van der Waals surface area contributed by atoms with E-state index in [9.17, 15) is 25.1 Å². The van der Waals surface area contributed by atoms with Crippen molar-refractivity contribution in [3.63, 3.8) is 0 Å². The van der Waals surface area contributed by atoms with Crippen LogP contribution in [0.2, 0.25) is 0 Å². The number of aromatic hydroxyl groups is 1. The maximum Gasteiger partial charge on any atom is 0.358 e. The molecule has 2 N–H and O–H groups in total. The third-order valence-electron chi connectivity index (χ3n) is 3.38. The number of non-ortho nitro benzene ring substituents is 1. The second-order valence-electron chi connectivity index (χ2n) is 5.15. The number of nitro groups is 1. The van der Waals surface area contributed by atoms with E-state index >= 15 is 0 Å². The number of benzene rings is 1. The molecule has 3 aromatic rings. The van der Waals surface area contributed by atoms with Crippen LogP contribution in [0.5, 0.6) is 5.75 Å². The summed E-state index contributed by atoms with van der Waals surface area (Å²) in [4.78, 5) is 25.5. The zero-order valence-corrected chi connectivity index (χ0v) is 12.8.